The maximum absolute atomic E-state index is 12.8. The predicted molar refractivity (Wildman–Crippen MR) is 101 cm³/mol. The zero-order chi connectivity index (χ0) is 19.0. The third kappa shape index (κ3) is 3.43. The van der Waals surface area contributed by atoms with Crippen molar-refractivity contribution >= 4 is 22.7 Å². The van der Waals surface area contributed by atoms with Crippen molar-refractivity contribution in [1.82, 2.24) is 9.88 Å². The van der Waals surface area contributed by atoms with Gasteiger partial charge in [-0.3, -0.25) is 14.4 Å². The summed E-state index contributed by atoms with van der Waals surface area (Å²) in [5, 5.41) is 3.38. The van der Waals surface area contributed by atoms with E-state index in [4.69, 9.17) is 4.42 Å². The van der Waals surface area contributed by atoms with Gasteiger partial charge in [-0.1, -0.05) is 18.2 Å². The standard InChI is InChI=1S/C21H20N2O4/c1-22-20(25)17-9-14(18(24)8-13-6-7-13)10-23(21(17)26)11-15-12-27-19-5-3-2-4-16(15)19/h2-5,9-10,12-13H,6-8,11H2,1H3,(H,22,25). The Morgan fingerprint density at radius 1 is 1.26 bits per heavy atom. The molecule has 1 aliphatic carbocycles. The van der Waals surface area contributed by atoms with Gasteiger partial charge in [0.25, 0.3) is 11.5 Å². The van der Waals surface area contributed by atoms with E-state index in [1.807, 2.05) is 24.3 Å². The van der Waals surface area contributed by atoms with Crippen molar-refractivity contribution in [2.75, 3.05) is 7.05 Å². The van der Waals surface area contributed by atoms with Crippen molar-refractivity contribution in [3.05, 3.63) is 69.8 Å². The molecule has 2 heterocycles. The van der Waals surface area contributed by atoms with Crippen LogP contribution < -0.4 is 10.9 Å². The summed E-state index contributed by atoms with van der Waals surface area (Å²) in [6, 6.07) is 8.96. The molecule has 3 aromatic rings. The lowest BCUT2D eigenvalue weighted by Gasteiger charge is -2.10. The van der Waals surface area contributed by atoms with Crippen LogP contribution in [0.2, 0.25) is 0 Å². The first-order valence-electron chi connectivity index (χ1n) is 9.01. The number of fused-ring (bicyclic) bond motifs is 1. The number of carbonyl (C=O) groups excluding carboxylic acids is 2. The summed E-state index contributed by atoms with van der Waals surface area (Å²) < 4.78 is 6.96. The Hall–Kier alpha value is -3.15. The van der Waals surface area contributed by atoms with Crippen molar-refractivity contribution in [2.45, 2.75) is 25.8 Å². The summed E-state index contributed by atoms with van der Waals surface area (Å²) in [6.45, 7) is 0.227. The summed E-state index contributed by atoms with van der Waals surface area (Å²) in [5.41, 5.74) is 1.50. The minimum absolute atomic E-state index is 0.0213. The number of rotatable bonds is 6. The van der Waals surface area contributed by atoms with Crippen LogP contribution in [0.15, 0.2) is 52.0 Å². The Bertz CT molecular complexity index is 1090. The van der Waals surface area contributed by atoms with E-state index in [0.29, 0.717) is 17.9 Å². The average molecular weight is 364 g/mol. The highest BCUT2D eigenvalue weighted by atomic mass is 16.3. The van der Waals surface area contributed by atoms with Gasteiger partial charge in [-0.2, -0.15) is 0 Å². The number of para-hydroxylation sites is 1. The van der Waals surface area contributed by atoms with Crippen molar-refractivity contribution in [3.63, 3.8) is 0 Å². The molecular weight excluding hydrogens is 344 g/mol. The first-order valence-corrected chi connectivity index (χ1v) is 9.01. The maximum atomic E-state index is 12.8. The zero-order valence-corrected chi connectivity index (χ0v) is 15.0. The Morgan fingerprint density at radius 3 is 2.78 bits per heavy atom. The molecule has 0 spiro atoms. The van der Waals surface area contributed by atoms with E-state index < -0.39 is 11.5 Å². The number of furan rings is 1. The van der Waals surface area contributed by atoms with Crippen LogP contribution in [0.25, 0.3) is 11.0 Å². The van der Waals surface area contributed by atoms with E-state index in [9.17, 15) is 14.4 Å². The molecule has 0 radical (unpaired) electrons. The molecule has 0 unspecified atom stereocenters. The third-order valence-corrected chi connectivity index (χ3v) is 4.95. The minimum atomic E-state index is -0.494. The fourth-order valence-electron chi connectivity index (χ4n) is 3.24. The molecule has 6 heteroatoms. The van der Waals surface area contributed by atoms with Crippen LogP contribution in [0, 0.1) is 5.92 Å². The van der Waals surface area contributed by atoms with Gasteiger partial charge in [-0.05, 0) is 30.9 Å². The van der Waals surface area contributed by atoms with Crippen LogP contribution in [0.4, 0.5) is 0 Å². The van der Waals surface area contributed by atoms with Gasteiger partial charge in [0.15, 0.2) is 5.78 Å². The Morgan fingerprint density at radius 2 is 2.04 bits per heavy atom. The third-order valence-electron chi connectivity index (χ3n) is 4.95. The molecule has 1 fully saturated rings. The van der Waals surface area contributed by atoms with Gasteiger partial charge in [0.2, 0.25) is 0 Å². The number of ketones is 1. The van der Waals surface area contributed by atoms with Crippen LogP contribution in [0.1, 0.15) is 45.5 Å². The number of pyridine rings is 1. The quantitative estimate of drug-likeness (QED) is 0.682. The molecule has 0 aliphatic heterocycles. The van der Waals surface area contributed by atoms with Crippen LogP contribution >= 0.6 is 0 Å². The average Bonchev–Trinajstić information content (AvgIpc) is 3.41. The van der Waals surface area contributed by atoms with Gasteiger partial charge >= 0.3 is 0 Å². The molecular formula is C21H20N2O4. The molecule has 27 heavy (non-hydrogen) atoms. The largest absolute Gasteiger partial charge is 0.464 e. The second-order valence-electron chi connectivity index (χ2n) is 6.98. The monoisotopic (exact) mass is 364 g/mol. The van der Waals surface area contributed by atoms with Crippen LogP contribution in [0.5, 0.6) is 0 Å². The molecule has 1 N–H and O–H groups in total. The lowest BCUT2D eigenvalue weighted by Crippen LogP contribution is -2.32. The topological polar surface area (TPSA) is 81.3 Å². The Balaban J connectivity index is 1.76. The second-order valence-corrected chi connectivity index (χ2v) is 6.98. The molecule has 4 rings (SSSR count). The van der Waals surface area contributed by atoms with Crippen molar-refractivity contribution in [2.24, 2.45) is 5.92 Å². The minimum Gasteiger partial charge on any atom is -0.464 e. The molecule has 2 aromatic heterocycles. The fourth-order valence-corrected chi connectivity index (χ4v) is 3.24. The SMILES string of the molecule is CNC(=O)c1cc(C(=O)CC2CC2)cn(Cc2coc3ccccc23)c1=O. The number of hydrogen-bond donors (Lipinski definition) is 1. The maximum Gasteiger partial charge on any atom is 0.263 e. The number of hydrogen-bond acceptors (Lipinski definition) is 4. The highest BCUT2D eigenvalue weighted by Gasteiger charge is 2.26. The van der Waals surface area contributed by atoms with E-state index in [2.05, 4.69) is 5.32 Å². The summed E-state index contributed by atoms with van der Waals surface area (Å²) >= 11 is 0. The van der Waals surface area contributed by atoms with Crippen LogP contribution in [-0.2, 0) is 6.54 Å². The smallest absolute Gasteiger partial charge is 0.263 e. The molecule has 1 amide bonds. The molecule has 6 nitrogen and oxygen atoms in total. The fraction of sp³-hybridized carbons (Fsp3) is 0.286. The van der Waals surface area contributed by atoms with Gasteiger partial charge in [-0.25, -0.2) is 0 Å². The number of amides is 1. The van der Waals surface area contributed by atoms with Crippen molar-refractivity contribution in [1.29, 1.82) is 0 Å². The van der Waals surface area contributed by atoms with E-state index in [-0.39, 0.29) is 17.9 Å². The number of nitrogens with zero attached hydrogens (tertiary/aromatic N) is 1. The van der Waals surface area contributed by atoms with E-state index in [1.54, 1.807) is 12.5 Å². The van der Waals surface area contributed by atoms with E-state index >= 15 is 0 Å². The second kappa shape index (κ2) is 6.87. The van der Waals surface area contributed by atoms with Crippen molar-refractivity contribution < 1.29 is 14.0 Å². The first-order chi connectivity index (χ1) is 13.1. The zero-order valence-electron chi connectivity index (χ0n) is 15.0. The van der Waals surface area contributed by atoms with Crippen molar-refractivity contribution in [3.8, 4) is 0 Å². The lowest BCUT2D eigenvalue weighted by molar-refractivity contribution is 0.0961. The molecule has 0 atom stereocenters. The molecule has 1 aliphatic rings. The van der Waals surface area contributed by atoms with Gasteiger partial charge in [0.1, 0.15) is 11.1 Å². The highest BCUT2D eigenvalue weighted by Crippen LogP contribution is 2.33. The number of carbonyl (C=O) groups is 2. The molecule has 138 valence electrons. The van der Waals surface area contributed by atoms with Gasteiger partial charge in [0, 0.05) is 36.2 Å². The normalized spacial score (nSPS) is 13.7. The number of nitrogens with one attached hydrogen (secondary N) is 1. The number of aromatic nitrogens is 1. The number of benzene rings is 1. The molecule has 1 saturated carbocycles. The summed E-state index contributed by atoms with van der Waals surface area (Å²) in [4.78, 5) is 37.5. The molecule has 0 bridgehead atoms. The lowest BCUT2D eigenvalue weighted by atomic mass is 10.0. The first kappa shape index (κ1) is 17.3. The number of Topliss-reactive ketones (excluding diaryl/α,β-unsaturated/α-hetero) is 1. The van der Waals surface area contributed by atoms with Crippen LogP contribution in [0.3, 0.4) is 0 Å². The highest BCUT2D eigenvalue weighted by molar-refractivity contribution is 6.00. The van der Waals surface area contributed by atoms with Gasteiger partial charge in [0.05, 0.1) is 12.8 Å². The molecule has 1 aromatic carbocycles. The van der Waals surface area contributed by atoms with E-state index in [0.717, 1.165) is 29.4 Å². The summed E-state index contributed by atoms with van der Waals surface area (Å²) in [7, 11) is 1.47. The van der Waals surface area contributed by atoms with Gasteiger partial charge in [-0.15, -0.1) is 0 Å². The Kier molecular flexibility index (Phi) is 4.39. The summed E-state index contributed by atoms with van der Waals surface area (Å²) in [5.74, 6) is -0.0977. The molecule has 0 saturated heterocycles. The van der Waals surface area contributed by atoms with Gasteiger partial charge < -0.3 is 14.3 Å². The predicted octanol–water partition coefficient (Wildman–Crippen LogP) is 2.99. The Labute approximate surface area is 155 Å². The van der Waals surface area contributed by atoms with E-state index in [1.165, 1.54) is 17.7 Å². The van der Waals surface area contributed by atoms with Crippen LogP contribution in [-0.4, -0.2) is 23.3 Å². The summed E-state index contributed by atoms with van der Waals surface area (Å²) in [6.07, 6.45) is 5.75.